The summed E-state index contributed by atoms with van der Waals surface area (Å²) in [6, 6.07) is 0. The van der Waals surface area contributed by atoms with E-state index in [0.29, 0.717) is 0 Å². The van der Waals surface area contributed by atoms with Gasteiger partial charge < -0.3 is 4.74 Å². The third kappa shape index (κ3) is 10.1. The smallest absolute Gasteiger partial charge is 0.208 e. The van der Waals surface area contributed by atoms with Crippen molar-refractivity contribution in [3.63, 3.8) is 0 Å². The Morgan fingerprint density at radius 3 is 2.05 bits per heavy atom. The molecule has 0 N–H and O–H groups in total. The molecular formula is C18H33NO. The Balaban J connectivity index is 1.74. The molecule has 0 bridgehead atoms. The third-order valence-corrected chi connectivity index (χ3v) is 3.84. The van der Waals surface area contributed by atoms with E-state index in [9.17, 15) is 0 Å². The van der Waals surface area contributed by atoms with Crippen molar-refractivity contribution in [1.29, 1.82) is 0 Å². The molecule has 2 heteroatoms. The number of rotatable bonds is 13. The fourth-order valence-corrected chi connectivity index (χ4v) is 2.56. The average Bonchev–Trinajstić information content (AvgIpc) is 2.97. The molecule has 0 aromatic rings. The van der Waals surface area contributed by atoms with Crippen molar-refractivity contribution in [3.8, 4) is 0 Å². The highest BCUT2D eigenvalue weighted by atomic mass is 16.5. The molecule has 1 rings (SSSR count). The van der Waals surface area contributed by atoms with Crippen LogP contribution in [0.15, 0.2) is 17.1 Å². The van der Waals surface area contributed by atoms with E-state index >= 15 is 0 Å². The number of ether oxygens (including phenoxy) is 1. The molecule has 0 aromatic carbocycles. The largest absolute Gasteiger partial charge is 0.476 e. The monoisotopic (exact) mass is 279 g/mol. The van der Waals surface area contributed by atoms with Crippen LogP contribution < -0.4 is 0 Å². The van der Waals surface area contributed by atoms with E-state index in [2.05, 4.69) is 18.0 Å². The van der Waals surface area contributed by atoms with Gasteiger partial charge in [-0.2, -0.15) is 0 Å². The Morgan fingerprint density at radius 2 is 1.50 bits per heavy atom. The van der Waals surface area contributed by atoms with E-state index < -0.39 is 0 Å². The van der Waals surface area contributed by atoms with Crippen LogP contribution in [0.2, 0.25) is 0 Å². The number of unbranched alkanes of at least 4 members (excludes halogenated alkanes) is 11. The zero-order chi connectivity index (χ0) is 14.3. The lowest BCUT2D eigenvalue weighted by Crippen LogP contribution is -1.92. The van der Waals surface area contributed by atoms with Gasteiger partial charge in [-0.05, 0) is 18.9 Å². The Kier molecular flexibility index (Phi) is 11.4. The standard InChI is InChI=1S/C18H33NO/c1-2-3-4-5-6-7-8-9-10-11-12-13-14-15-18-19-16-17-20-18/h14-15H,2-13,16-17H2,1H3. The van der Waals surface area contributed by atoms with Crippen LogP contribution >= 0.6 is 0 Å². The maximum absolute atomic E-state index is 5.32. The van der Waals surface area contributed by atoms with Crippen molar-refractivity contribution in [2.75, 3.05) is 13.2 Å². The van der Waals surface area contributed by atoms with Crippen LogP contribution in [0.5, 0.6) is 0 Å². The topological polar surface area (TPSA) is 21.6 Å². The third-order valence-electron chi connectivity index (χ3n) is 3.84. The molecule has 0 aliphatic carbocycles. The number of allylic oxidation sites excluding steroid dienone is 1. The lowest BCUT2D eigenvalue weighted by atomic mass is 10.1. The summed E-state index contributed by atoms with van der Waals surface area (Å²) in [5.74, 6) is 0.827. The van der Waals surface area contributed by atoms with Crippen LogP contribution in [0.4, 0.5) is 0 Å². The van der Waals surface area contributed by atoms with Crippen molar-refractivity contribution >= 4 is 5.90 Å². The molecule has 0 spiro atoms. The molecule has 0 fully saturated rings. The number of hydrogen-bond acceptors (Lipinski definition) is 2. The minimum atomic E-state index is 0.762. The van der Waals surface area contributed by atoms with Gasteiger partial charge in [0.15, 0.2) is 0 Å². The van der Waals surface area contributed by atoms with Crippen LogP contribution in [-0.2, 0) is 4.74 Å². The number of aliphatic imine (C=N–C) groups is 1. The fourth-order valence-electron chi connectivity index (χ4n) is 2.56. The summed E-state index contributed by atoms with van der Waals surface area (Å²) in [6.45, 7) is 3.87. The van der Waals surface area contributed by atoms with Gasteiger partial charge in [0.25, 0.3) is 0 Å². The fraction of sp³-hybridized carbons (Fsp3) is 0.833. The summed E-state index contributed by atoms with van der Waals surface area (Å²) < 4.78 is 5.32. The summed E-state index contributed by atoms with van der Waals surface area (Å²) in [7, 11) is 0. The molecule has 0 radical (unpaired) electrons. The quantitative estimate of drug-likeness (QED) is 0.398. The SMILES string of the molecule is CCCCCCCCCCCCCC=CC1=NCCO1. The molecule has 1 heterocycles. The van der Waals surface area contributed by atoms with Crippen LogP contribution in [0, 0.1) is 0 Å². The van der Waals surface area contributed by atoms with Crippen molar-refractivity contribution in [1.82, 2.24) is 0 Å². The van der Waals surface area contributed by atoms with Gasteiger partial charge in [-0.25, -0.2) is 4.99 Å². The van der Waals surface area contributed by atoms with E-state index in [0.717, 1.165) is 19.0 Å². The first-order valence-corrected chi connectivity index (χ1v) is 8.77. The van der Waals surface area contributed by atoms with Gasteiger partial charge in [-0.3, -0.25) is 0 Å². The van der Waals surface area contributed by atoms with E-state index in [4.69, 9.17) is 4.74 Å². The van der Waals surface area contributed by atoms with Gasteiger partial charge in [0, 0.05) is 0 Å². The molecule has 0 atom stereocenters. The zero-order valence-corrected chi connectivity index (χ0v) is 13.4. The van der Waals surface area contributed by atoms with Gasteiger partial charge >= 0.3 is 0 Å². The lowest BCUT2D eigenvalue weighted by Gasteiger charge is -2.01. The van der Waals surface area contributed by atoms with Crippen molar-refractivity contribution in [2.45, 2.75) is 84.0 Å². The predicted octanol–water partition coefficient (Wildman–Crippen LogP) is 5.67. The molecule has 1 aliphatic rings. The zero-order valence-electron chi connectivity index (χ0n) is 13.4. The second-order valence-electron chi connectivity index (χ2n) is 5.79. The van der Waals surface area contributed by atoms with E-state index in [1.165, 1.54) is 77.0 Å². The predicted molar refractivity (Wildman–Crippen MR) is 88.5 cm³/mol. The molecule has 1 aliphatic heterocycles. The summed E-state index contributed by atoms with van der Waals surface area (Å²) in [5, 5.41) is 0. The van der Waals surface area contributed by atoms with E-state index in [1.807, 2.05) is 6.08 Å². The minimum Gasteiger partial charge on any atom is -0.476 e. The van der Waals surface area contributed by atoms with Gasteiger partial charge in [0.2, 0.25) is 5.90 Å². The van der Waals surface area contributed by atoms with Crippen LogP contribution in [0.3, 0.4) is 0 Å². The van der Waals surface area contributed by atoms with E-state index in [1.54, 1.807) is 0 Å². The molecule has 0 amide bonds. The molecule has 0 aromatic heterocycles. The Morgan fingerprint density at radius 1 is 0.900 bits per heavy atom. The van der Waals surface area contributed by atoms with Crippen molar-refractivity contribution in [2.24, 2.45) is 4.99 Å². The Bertz CT molecular complexity index is 271. The molecule has 2 nitrogen and oxygen atoms in total. The Hall–Kier alpha value is -0.790. The maximum Gasteiger partial charge on any atom is 0.208 e. The summed E-state index contributed by atoms with van der Waals surface area (Å²) >= 11 is 0. The highest BCUT2D eigenvalue weighted by molar-refractivity contribution is 5.88. The summed E-state index contributed by atoms with van der Waals surface area (Å²) in [6.07, 6.45) is 20.9. The Labute approximate surface area is 125 Å². The molecule has 0 saturated heterocycles. The van der Waals surface area contributed by atoms with Crippen molar-refractivity contribution < 1.29 is 4.74 Å². The average molecular weight is 279 g/mol. The minimum absolute atomic E-state index is 0.762. The second kappa shape index (κ2) is 13.2. The van der Waals surface area contributed by atoms with Gasteiger partial charge in [0.1, 0.15) is 6.61 Å². The highest BCUT2D eigenvalue weighted by Crippen LogP contribution is 2.12. The molecule has 0 saturated carbocycles. The summed E-state index contributed by atoms with van der Waals surface area (Å²) in [5.41, 5.74) is 0. The molecule has 116 valence electrons. The maximum atomic E-state index is 5.32. The molecule has 20 heavy (non-hydrogen) atoms. The van der Waals surface area contributed by atoms with Crippen LogP contribution in [0.1, 0.15) is 84.0 Å². The van der Waals surface area contributed by atoms with Gasteiger partial charge in [0.05, 0.1) is 6.54 Å². The van der Waals surface area contributed by atoms with E-state index in [-0.39, 0.29) is 0 Å². The van der Waals surface area contributed by atoms with Gasteiger partial charge in [-0.15, -0.1) is 0 Å². The first-order valence-electron chi connectivity index (χ1n) is 8.77. The van der Waals surface area contributed by atoms with Crippen molar-refractivity contribution in [3.05, 3.63) is 12.2 Å². The lowest BCUT2D eigenvalue weighted by molar-refractivity contribution is 0.350. The molecule has 0 unspecified atom stereocenters. The second-order valence-corrected chi connectivity index (χ2v) is 5.79. The van der Waals surface area contributed by atoms with Crippen LogP contribution in [-0.4, -0.2) is 19.0 Å². The first-order chi connectivity index (χ1) is 9.93. The normalized spacial score (nSPS) is 14.8. The number of hydrogen-bond donors (Lipinski definition) is 0. The number of nitrogens with zero attached hydrogens (tertiary/aromatic N) is 1. The highest BCUT2D eigenvalue weighted by Gasteiger charge is 2.01. The van der Waals surface area contributed by atoms with Crippen LogP contribution in [0.25, 0.3) is 0 Å². The first kappa shape index (κ1) is 17.3. The van der Waals surface area contributed by atoms with Gasteiger partial charge in [-0.1, -0.05) is 77.2 Å². The summed E-state index contributed by atoms with van der Waals surface area (Å²) in [4.78, 5) is 4.24. The molecular weight excluding hydrogens is 246 g/mol.